The summed E-state index contributed by atoms with van der Waals surface area (Å²) >= 11 is 9.40. The van der Waals surface area contributed by atoms with Crippen molar-refractivity contribution in [2.45, 2.75) is 6.92 Å². The van der Waals surface area contributed by atoms with Crippen LogP contribution < -0.4 is 19.7 Å². The molecule has 0 radical (unpaired) electrons. The van der Waals surface area contributed by atoms with E-state index in [1.54, 1.807) is 42.5 Å². The van der Waals surface area contributed by atoms with Crippen LogP contribution in [0.2, 0.25) is 5.02 Å². The second-order valence-electron chi connectivity index (χ2n) is 5.86. The zero-order valence-corrected chi connectivity index (χ0v) is 17.7. The summed E-state index contributed by atoms with van der Waals surface area (Å²) in [7, 11) is 0. The van der Waals surface area contributed by atoms with Gasteiger partial charge in [0.15, 0.2) is 11.5 Å². The molecule has 1 fully saturated rings. The fourth-order valence-electron chi connectivity index (χ4n) is 2.74. The molecular weight excluding hydrogens is 460 g/mol. The number of amides is 3. The number of anilines is 1. The second-order valence-corrected chi connectivity index (χ2v) is 7.16. The molecule has 8 heteroatoms. The Morgan fingerprint density at radius 2 is 2.07 bits per heavy atom. The number of ether oxygens (including phenoxy) is 2. The van der Waals surface area contributed by atoms with Gasteiger partial charge in [0.05, 0.1) is 16.8 Å². The van der Waals surface area contributed by atoms with Gasteiger partial charge in [-0.15, -0.1) is 6.42 Å². The minimum absolute atomic E-state index is 0.0856. The fourth-order valence-corrected chi connectivity index (χ4v) is 3.50. The predicted molar refractivity (Wildman–Crippen MR) is 115 cm³/mol. The van der Waals surface area contributed by atoms with Crippen LogP contribution in [-0.2, 0) is 4.79 Å². The van der Waals surface area contributed by atoms with Gasteiger partial charge in [-0.05, 0) is 64.8 Å². The topological polar surface area (TPSA) is 67.9 Å². The Morgan fingerprint density at radius 1 is 1.28 bits per heavy atom. The Balaban J connectivity index is 1.95. The van der Waals surface area contributed by atoms with E-state index < -0.39 is 11.9 Å². The largest absolute Gasteiger partial charge is 0.490 e. The lowest BCUT2D eigenvalue weighted by Gasteiger charge is -2.13. The van der Waals surface area contributed by atoms with E-state index >= 15 is 0 Å². The van der Waals surface area contributed by atoms with Crippen LogP contribution in [0, 0.1) is 12.3 Å². The lowest BCUT2D eigenvalue weighted by molar-refractivity contribution is -0.113. The van der Waals surface area contributed by atoms with E-state index in [2.05, 4.69) is 27.2 Å². The van der Waals surface area contributed by atoms with E-state index in [0.29, 0.717) is 38.9 Å². The summed E-state index contributed by atoms with van der Waals surface area (Å²) in [5.41, 5.74) is 1.14. The summed E-state index contributed by atoms with van der Waals surface area (Å²) in [6.45, 7) is 2.34. The molecule has 6 nitrogen and oxygen atoms in total. The highest BCUT2D eigenvalue weighted by molar-refractivity contribution is 9.10. The molecule has 3 amide bonds. The number of benzene rings is 2. The molecule has 1 N–H and O–H groups in total. The summed E-state index contributed by atoms with van der Waals surface area (Å²) in [4.78, 5) is 26.1. The number of terminal acetylenes is 1. The SMILES string of the molecule is C#CCOc1c(Br)cc(/C=C2/NC(=O)N(c3cccc(Cl)c3)C2=O)cc1OCC. The van der Waals surface area contributed by atoms with Crippen molar-refractivity contribution in [3.8, 4) is 23.8 Å². The predicted octanol–water partition coefficient (Wildman–Crippen LogP) is 4.61. The molecule has 29 heavy (non-hydrogen) atoms. The standard InChI is InChI=1S/C21H16BrClN2O4/c1-3-8-29-19-16(22)9-13(11-18(19)28-4-2)10-17-20(26)25(21(27)24-17)15-7-5-6-14(23)12-15/h1,5-7,9-12H,4,8H2,2H3,(H,24,27)/b17-10+. The second kappa shape index (κ2) is 9.03. The van der Waals surface area contributed by atoms with Crippen molar-refractivity contribution in [3.63, 3.8) is 0 Å². The third-order valence-corrected chi connectivity index (χ3v) is 4.71. The molecule has 2 aromatic rings. The summed E-state index contributed by atoms with van der Waals surface area (Å²) in [6, 6.07) is 9.40. The molecule has 148 valence electrons. The third kappa shape index (κ3) is 4.56. The molecule has 2 aromatic carbocycles. The van der Waals surface area contributed by atoms with E-state index in [1.165, 1.54) is 0 Å². The maximum Gasteiger partial charge on any atom is 0.333 e. The Labute approximate surface area is 181 Å². The van der Waals surface area contributed by atoms with Crippen molar-refractivity contribution < 1.29 is 19.1 Å². The molecule has 0 saturated carbocycles. The van der Waals surface area contributed by atoms with Gasteiger partial charge in [0.1, 0.15) is 12.3 Å². The number of rotatable bonds is 6. The molecule has 1 saturated heterocycles. The van der Waals surface area contributed by atoms with Crippen LogP contribution >= 0.6 is 27.5 Å². The Hall–Kier alpha value is -2.95. The van der Waals surface area contributed by atoms with Gasteiger partial charge in [-0.2, -0.15) is 0 Å². The first-order valence-electron chi connectivity index (χ1n) is 8.60. The number of urea groups is 1. The number of nitrogens with one attached hydrogen (secondary N) is 1. The molecule has 3 rings (SSSR count). The number of hydrogen-bond acceptors (Lipinski definition) is 4. The monoisotopic (exact) mass is 474 g/mol. The minimum Gasteiger partial charge on any atom is -0.490 e. The van der Waals surface area contributed by atoms with Crippen molar-refractivity contribution in [1.82, 2.24) is 5.32 Å². The first kappa shape index (κ1) is 20.8. The quantitative estimate of drug-likeness (QED) is 0.376. The van der Waals surface area contributed by atoms with Gasteiger partial charge < -0.3 is 14.8 Å². The maximum atomic E-state index is 12.8. The number of carbonyl (C=O) groups is 2. The van der Waals surface area contributed by atoms with Crippen LogP contribution in [0.3, 0.4) is 0 Å². The van der Waals surface area contributed by atoms with Gasteiger partial charge in [0.25, 0.3) is 5.91 Å². The van der Waals surface area contributed by atoms with Gasteiger partial charge in [-0.1, -0.05) is 23.6 Å². The number of carbonyl (C=O) groups excluding carboxylic acids is 2. The Morgan fingerprint density at radius 3 is 2.76 bits per heavy atom. The molecule has 0 bridgehead atoms. The van der Waals surface area contributed by atoms with Crippen molar-refractivity contribution in [3.05, 3.63) is 57.2 Å². The number of halogens is 2. The van der Waals surface area contributed by atoms with Gasteiger partial charge in [-0.3, -0.25) is 4.79 Å². The zero-order valence-electron chi connectivity index (χ0n) is 15.4. The van der Waals surface area contributed by atoms with Crippen LogP contribution in [0.25, 0.3) is 6.08 Å². The molecule has 0 unspecified atom stereocenters. The van der Waals surface area contributed by atoms with Crippen LogP contribution in [0.15, 0.2) is 46.6 Å². The van der Waals surface area contributed by atoms with E-state index in [0.717, 1.165) is 4.90 Å². The third-order valence-electron chi connectivity index (χ3n) is 3.89. The van der Waals surface area contributed by atoms with Gasteiger partial charge in [0, 0.05) is 5.02 Å². The molecule has 0 atom stereocenters. The van der Waals surface area contributed by atoms with Crippen molar-refractivity contribution in [2.75, 3.05) is 18.1 Å². The number of imide groups is 1. The summed E-state index contributed by atoms with van der Waals surface area (Å²) in [6.07, 6.45) is 6.82. The number of nitrogens with zero attached hydrogens (tertiary/aromatic N) is 1. The zero-order chi connectivity index (χ0) is 21.0. The molecule has 0 aromatic heterocycles. The highest BCUT2D eigenvalue weighted by atomic mass is 79.9. The average Bonchev–Trinajstić information content (AvgIpc) is 2.94. The van der Waals surface area contributed by atoms with Gasteiger partial charge in [-0.25, -0.2) is 9.69 Å². The van der Waals surface area contributed by atoms with Crippen molar-refractivity contribution in [2.24, 2.45) is 0 Å². The first-order valence-corrected chi connectivity index (χ1v) is 9.77. The molecule has 1 heterocycles. The lowest BCUT2D eigenvalue weighted by Crippen LogP contribution is -2.30. The van der Waals surface area contributed by atoms with Crippen LogP contribution in [0.1, 0.15) is 12.5 Å². The van der Waals surface area contributed by atoms with E-state index in [-0.39, 0.29) is 12.3 Å². The maximum absolute atomic E-state index is 12.8. The molecular formula is C21H16BrClN2O4. The van der Waals surface area contributed by atoms with Crippen molar-refractivity contribution in [1.29, 1.82) is 0 Å². The summed E-state index contributed by atoms with van der Waals surface area (Å²) < 4.78 is 11.8. The van der Waals surface area contributed by atoms with E-state index in [4.69, 9.17) is 27.5 Å². The number of hydrogen-bond donors (Lipinski definition) is 1. The van der Waals surface area contributed by atoms with Crippen LogP contribution in [0.4, 0.5) is 10.5 Å². The Bertz CT molecular complexity index is 1050. The summed E-state index contributed by atoms with van der Waals surface area (Å²) in [5.74, 6) is 2.85. The molecule has 0 spiro atoms. The average molecular weight is 476 g/mol. The highest BCUT2D eigenvalue weighted by Gasteiger charge is 2.35. The van der Waals surface area contributed by atoms with E-state index in [9.17, 15) is 9.59 Å². The fraction of sp³-hybridized carbons (Fsp3) is 0.143. The highest BCUT2D eigenvalue weighted by Crippen LogP contribution is 2.37. The minimum atomic E-state index is -0.554. The first-order chi connectivity index (χ1) is 13.9. The van der Waals surface area contributed by atoms with E-state index in [1.807, 2.05) is 6.92 Å². The van der Waals surface area contributed by atoms with Crippen LogP contribution in [0.5, 0.6) is 11.5 Å². The smallest absolute Gasteiger partial charge is 0.333 e. The molecule has 1 aliphatic heterocycles. The van der Waals surface area contributed by atoms with Crippen LogP contribution in [-0.4, -0.2) is 25.2 Å². The summed E-state index contributed by atoms with van der Waals surface area (Å²) in [5, 5.41) is 3.01. The normalized spacial score (nSPS) is 14.7. The van der Waals surface area contributed by atoms with Gasteiger partial charge in [0.2, 0.25) is 0 Å². The van der Waals surface area contributed by atoms with Gasteiger partial charge >= 0.3 is 6.03 Å². The van der Waals surface area contributed by atoms with Crippen molar-refractivity contribution >= 4 is 51.2 Å². The Kier molecular flexibility index (Phi) is 6.47. The molecule has 0 aliphatic carbocycles. The lowest BCUT2D eigenvalue weighted by atomic mass is 10.1. The molecule has 1 aliphatic rings.